The number of piperazine rings is 1. The van der Waals surface area contributed by atoms with Gasteiger partial charge in [-0.2, -0.15) is 4.31 Å². The van der Waals surface area contributed by atoms with Crippen LogP contribution in [0.25, 0.3) is 0 Å². The molecule has 0 spiro atoms. The van der Waals surface area contributed by atoms with E-state index in [0.29, 0.717) is 15.5 Å². The number of carbonyl (C=O) groups excluding carboxylic acids is 1. The first-order chi connectivity index (χ1) is 8.41. The molecule has 0 saturated carbocycles. The molecule has 2 rings (SSSR count). The zero-order valence-corrected chi connectivity index (χ0v) is 13.2. The van der Waals surface area contributed by atoms with Crippen LogP contribution < -0.4 is 5.32 Å². The maximum absolute atomic E-state index is 12.4. The Hall–Kier alpha value is -0.440. The normalized spacial score (nSPS) is 17.6. The first-order valence-electron chi connectivity index (χ1n) is 5.13. The van der Waals surface area contributed by atoms with Crippen molar-refractivity contribution < 1.29 is 13.2 Å². The number of hydrogen-bond donors (Lipinski definition) is 1. The minimum absolute atomic E-state index is 0.138. The zero-order chi connectivity index (χ0) is 13.3. The summed E-state index contributed by atoms with van der Waals surface area (Å²) in [6, 6.07) is 4.92. The molecule has 0 aromatic heterocycles. The van der Waals surface area contributed by atoms with Crippen LogP contribution in [0.15, 0.2) is 32.0 Å². The highest BCUT2D eigenvalue weighted by molar-refractivity contribution is 9.11. The average molecular weight is 398 g/mol. The van der Waals surface area contributed by atoms with E-state index in [0.717, 1.165) is 0 Å². The van der Waals surface area contributed by atoms with Gasteiger partial charge in [0.05, 0.1) is 11.4 Å². The standard InChI is InChI=1S/C10H10Br2N2O3S/c11-7-1-2-8(12)9(5-7)18(16,17)14-4-3-13-10(15)6-14/h1-2,5H,3-4,6H2,(H,13,15). The van der Waals surface area contributed by atoms with Crippen LogP contribution in [-0.4, -0.2) is 38.3 Å². The molecule has 0 aliphatic carbocycles. The summed E-state index contributed by atoms with van der Waals surface area (Å²) < 4.78 is 27.1. The fourth-order valence-corrected chi connectivity index (χ4v) is 4.49. The van der Waals surface area contributed by atoms with Crippen molar-refractivity contribution in [1.82, 2.24) is 9.62 Å². The maximum Gasteiger partial charge on any atom is 0.244 e. The largest absolute Gasteiger partial charge is 0.354 e. The maximum atomic E-state index is 12.4. The van der Waals surface area contributed by atoms with Crippen LogP contribution in [-0.2, 0) is 14.8 Å². The summed E-state index contributed by atoms with van der Waals surface area (Å²) in [6.07, 6.45) is 0. The average Bonchev–Trinajstić information content (AvgIpc) is 2.32. The van der Waals surface area contributed by atoms with Gasteiger partial charge in [0.1, 0.15) is 0 Å². The summed E-state index contributed by atoms with van der Waals surface area (Å²) in [7, 11) is -3.65. The second-order valence-corrected chi connectivity index (χ2v) is 7.44. The SMILES string of the molecule is O=C1CN(S(=O)(=O)c2cc(Br)ccc2Br)CCN1. The minimum atomic E-state index is -3.65. The van der Waals surface area contributed by atoms with Gasteiger partial charge in [0.2, 0.25) is 15.9 Å². The van der Waals surface area contributed by atoms with E-state index in [1.807, 2.05) is 0 Å². The van der Waals surface area contributed by atoms with Gasteiger partial charge in [-0.3, -0.25) is 4.79 Å². The van der Waals surface area contributed by atoms with E-state index in [4.69, 9.17) is 0 Å². The topological polar surface area (TPSA) is 66.5 Å². The Balaban J connectivity index is 2.41. The van der Waals surface area contributed by atoms with Crippen LogP contribution in [0.5, 0.6) is 0 Å². The summed E-state index contributed by atoms with van der Waals surface area (Å²) >= 11 is 6.46. The van der Waals surface area contributed by atoms with Crippen LogP contribution >= 0.6 is 31.9 Å². The van der Waals surface area contributed by atoms with Crippen molar-refractivity contribution in [3.63, 3.8) is 0 Å². The Kier molecular flexibility index (Phi) is 4.10. The molecule has 8 heteroatoms. The number of nitrogens with zero attached hydrogens (tertiary/aromatic N) is 1. The van der Waals surface area contributed by atoms with Crippen LogP contribution in [0, 0.1) is 0 Å². The summed E-state index contributed by atoms with van der Waals surface area (Å²) in [5, 5.41) is 2.60. The second kappa shape index (κ2) is 5.28. The van der Waals surface area contributed by atoms with Gasteiger partial charge >= 0.3 is 0 Å². The molecule has 0 bridgehead atoms. The predicted molar refractivity (Wildman–Crippen MR) is 73.6 cm³/mol. The lowest BCUT2D eigenvalue weighted by molar-refractivity contribution is -0.122. The Morgan fingerprint density at radius 2 is 2.00 bits per heavy atom. The molecule has 18 heavy (non-hydrogen) atoms. The lowest BCUT2D eigenvalue weighted by Gasteiger charge is -2.26. The molecule has 0 atom stereocenters. The lowest BCUT2D eigenvalue weighted by atomic mass is 10.4. The fraction of sp³-hybridized carbons (Fsp3) is 0.300. The first kappa shape index (κ1) is 14.0. The number of rotatable bonds is 2. The summed E-state index contributed by atoms with van der Waals surface area (Å²) in [5.74, 6) is -0.282. The molecular weight excluding hydrogens is 388 g/mol. The molecule has 1 aliphatic rings. The van der Waals surface area contributed by atoms with E-state index in [9.17, 15) is 13.2 Å². The van der Waals surface area contributed by atoms with Crippen LogP contribution in [0.1, 0.15) is 0 Å². The fourth-order valence-electron chi connectivity index (χ4n) is 1.63. The predicted octanol–water partition coefficient (Wildman–Crippen LogP) is 1.33. The third-order valence-corrected chi connectivity index (χ3v) is 5.85. The van der Waals surface area contributed by atoms with E-state index < -0.39 is 10.0 Å². The van der Waals surface area contributed by atoms with Crippen LogP contribution in [0.3, 0.4) is 0 Å². The molecule has 1 aromatic carbocycles. The lowest BCUT2D eigenvalue weighted by Crippen LogP contribution is -2.49. The number of hydrogen-bond acceptors (Lipinski definition) is 3. The molecule has 1 fully saturated rings. The van der Waals surface area contributed by atoms with E-state index in [1.165, 1.54) is 10.4 Å². The highest BCUT2D eigenvalue weighted by Gasteiger charge is 2.30. The number of carbonyl (C=O) groups is 1. The molecule has 0 radical (unpaired) electrons. The minimum Gasteiger partial charge on any atom is -0.354 e. The molecule has 0 unspecified atom stereocenters. The Bertz CT molecular complexity index is 589. The highest BCUT2D eigenvalue weighted by Crippen LogP contribution is 2.28. The van der Waals surface area contributed by atoms with Gasteiger partial charge in [-0.05, 0) is 34.1 Å². The Labute approximate surface area is 122 Å². The van der Waals surface area contributed by atoms with Crippen molar-refractivity contribution in [3.8, 4) is 0 Å². The van der Waals surface area contributed by atoms with E-state index in [-0.39, 0.29) is 23.9 Å². The first-order valence-corrected chi connectivity index (χ1v) is 8.16. The van der Waals surface area contributed by atoms with Gasteiger partial charge in [0.15, 0.2) is 0 Å². The van der Waals surface area contributed by atoms with Gasteiger partial charge in [-0.15, -0.1) is 0 Å². The molecule has 5 nitrogen and oxygen atoms in total. The molecular formula is C10H10Br2N2O3S. The molecule has 1 aromatic rings. The van der Waals surface area contributed by atoms with Gasteiger partial charge in [-0.25, -0.2) is 8.42 Å². The van der Waals surface area contributed by atoms with Crippen molar-refractivity contribution >= 4 is 47.8 Å². The molecule has 98 valence electrons. The van der Waals surface area contributed by atoms with Gasteiger partial charge < -0.3 is 5.32 Å². The molecule has 1 saturated heterocycles. The zero-order valence-electron chi connectivity index (χ0n) is 9.19. The monoisotopic (exact) mass is 396 g/mol. The van der Waals surface area contributed by atoms with Gasteiger partial charge in [-0.1, -0.05) is 15.9 Å². The van der Waals surface area contributed by atoms with Crippen molar-refractivity contribution in [2.24, 2.45) is 0 Å². The van der Waals surface area contributed by atoms with E-state index in [1.54, 1.807) is 12.1 Å². The summed E-state index contributed by atoms with van der Waals surface area (Å²) in [4.78, 5) is 11.4. The molecule has 1 amide bonds. The Morgan fingerprint density at radius 3 is 2.67 bits per heavy atom. The second-order valence-electron chi connectivity index (χ2n) is 3.76. The van der Waals surface area contributed by atoms with Crippen molar-refractivity contribution in [3.05, 3.63) is 27.1 Å². The van der Waals surface area contributed by atoms with Crippen molar-refractivity contribution in [1.29, 1.82) is 0 Å². The number of nitrogens with one attached hydrogen (secondary N) is 1. The Morgan fingerprint density at radius 1 is 1.28 bits per heavy atom. The van der Waals surface area contributed by atoms with Gasteiger partial charge in [0.25, 0.3) is 0 Å². The molecule has 1 aliphatic heterocycles. The number of halogens is 2. The van der Waals surface area contributed by atoms with E-state index >= 15 is 0 Å². The smallest absolute Gasteiger partial charge is 0.244 e. The van der Waals surface area contributed by atoms with Gasteiger partial charge in [0, 0.05) is 22.0 Å². The quantitative estimate of drug-likeness (QED) is 0.818. The number of amides is 1. The number of sulfonamides is 1. The van der Waals surface area contributed by atoms with Crippen LogP contribution in [0.4, 0.5) is 0 Å². The third kappa shape index (κ3) is 2.76. The molecule has 1 heterocycles. The summed E-state index contributed by atoms with van der Waals surface area (Å²) in [5.41, 5.74) is 0. The summed E-state index contributed by atoms with van der Waals surface area (Å²) in [6.45, 7) is 0.484. The van der Waals surface area contributed by atoms with Crippen molar-refractivity contribution in [2.45, 2.75) is 4.90 Å². The van der Waals surface area contributed by atoms with Crippen molar-refractivity contribution in [2.75, 3.05) is 19.6 Å². The highest BCUT2D eigenvalue weighted by atomic mass is 79.9. The number of benzene rings is 1. The third-order valence-electron chi connectivity index (χ3n) is 2.51. The molecule has 1 N–H and O–H groups in total. The van der Waals surface area contributed by atoms with E-state index in [2.05, 4.69) is 37.2 Å². The van der Waals surface area contributed by atoms with Crippen LogP contribution in [0.2, 0.25) is 0 Å².